The number of rotatable bonds is 4. The van der Waals surface area contributed by atoms with Crippen LogP contribution in [0.15, 0.2) is 16.8 Å². The molecular weight excluding hydrogens is 172 g/mol. The van der Waals surface area contributed by atoms with Crippen molar-refractivity contribution in [2.24, 2.45) is 0 Å². The molecule has 0 amide bonds. The van der Waals surface area contributed by atoms with Crippen LogP contribution >= 0.6 is 11.3 Å². The summed E-state index contributed by atoms with van der Waals surface area (Å²) in [5.74, 6) is 0. The summed E-state index contributed by atoms with van der Waals surface area (Å²) in [6.45, 7) is 4.44. The van der Waals surface area contributed by atoms with Crippen LogP contribution in [0.3, 0.4) is 0 Å². The van der Waals surface area contributed by atoms with E-state index in [-0.39, 0.29) is 0 Å². The Bertz CT molecular complexity index is 211. The highest BCUT2D eigenvalue weighted by molar-refractivity contribution is 7.07. The Labute approximate surface area is 76.8 Å². The molecule has 68 valence electrons. The maximum Gasteiger partial charge on any atom is 0.0824 e. The molecule has 1 rings (SSSR count). The molecule has 3 heteroatoms. The zero-order valence-corrected chi connectivity index (χ0v) is 8.23. The third kappa shape index (κ3) is 3.85. The van der Waals surface area contributed by atoms with Gasteiger partial charge in [-0.25, -0.2) is 0 Å². The average Bonchev–Trinajstić information content (AvgIpc) is 2.36. The minimum atomic E-state index is -0.726. The van der Waals surface area contributed by atoms with Crippen LogP contribution < -0.4 is 0 Å². The monoisotopic (exact) mass is 186 g/mol. The third-order valence-corrected chi connectivity index (χ3v) is 2.04. The summed E-state index contributed by atoms with van der Waals surface area (Å²) in [6.07, 6.45) is 0. The van der Waals surface area contributed by atoms with Crippen molar-refractivity contribution in [2.45, 2.75) is 26.1 Å². The summed E-state index contributed by atoms with van der Waals surface area (Å²) < 4.78 is 5.30. The largest absolute Gasteiger partial charge is 0.388 e. The molecule has 0 bridgehead atoms. The Morgan fingerprint density at radius 3 is 2.83 bits per heavy atom. The van der Waals surface area contributed by atoms with Gasteiger partial charge in [0.2, 0.25) is 0 Å². The van der Waals surface area contributed by atoms with Crippen LogP contribution in [0.25, 0.3) is 0 Å². The highest BCUT2D eigenvalue weighted by Crippen LogP contribution is 2.09. The van der Waals surface area contributed by atoms with Crippen molar-refractivity contribution in [3.05, 3.63) is 22.4 Å². The summed E-state index contributed by atoms with van der Waals surface area (Å²) in [6, 6.07) is 2.02. The zero-order valence-electron chi connectivity index (χ0n) is 7.41. The van der Waals surface area contributed by atoms with E-state index in [9.17, 15) is 5.11 Å². The quantitative estimate of drug-likeness (QED) is 0.779. The predicted molar refractivity (Wildman–Crippen MR) is 50.3 cm³/mol. The highest BCUT2D eigenvalue weighted by atomic mass is 32.1. The topological polar surface area (TPSA) is 29.5 Å². The molecule has 0 aliphatic carbocycles. The molecule has 0 aromatic carbocycles. The molecule has 2 nitrogen and oxygen atoms in total. The molecule has 0 atom stereocenters. The maximum atomic E-state index is 9.32. The maximum absolute atomic E-state index is 9.32. The zero-order chi connectivity index (χ0) is 9.03. The Morgan fingerprint density at radius 1 is 1.58 bits per heavy atom. The fourth-order valence-corrected chi connectivity index (χ4v) is 1.45. The van der Waals surface area contributed by atoms with Gasteiger partial charge in [0.25, 0.3) is 0 Å². The van der Waals surface area contributed by atoms with E-state index in [0.29, 0.717) is 13.2 Å². The fraction of sp³-hybridized carbons (Fsp3) is 0.556. The van der Waals surface area contributed by atoms with Crippen LogP contribution in [0.1, 0.15) is 19.4 Å². The minimum Gasteiger partial charge on any atom is -0.388 e. The molecule has 0 unspecified atom stereocenters. The van der Waals surface area contributed by atoms with Gasteiger partial charge >= 0.3 is 0 Å². The molecule has 12 heavy (non-hydrogen) atoms. The first-order chi connectivity index (χ1) is 5.58. The minimum absolute atomic E-state index is 0.378. The number of aliphatic hydroxyl groups is 1. The van der Waals surface area contributed by atoms with Crippen molar-refractivity contribution in [3.63, 3.8) is 0 Å². The molecular formula is C9H14O2S. The predicted octanol–water partition coefficient (Wildman–Crippen LogP) is 2.04. The Hall–Kier alpha value is -0.380. The van der Waals surface area contributed by atoms with Crippen LogP contribution in [-0.4, -0.2) is 17.3 Å². The van der Waals surface area contributed by atoms with Crippen molar-refractivity contribution in [1.29, 1.82) is 0 Å². The summed E-state index contributed by atoms with van der Waals surface area (Å²) in [5.41, 5.74) is 0.444. The van der Waals surface area contributed by atoms with Crippen molar-refractivity contribution < 1.29 is 9.84 Å². The molecule has 0 radical (unpaired) electrons. The molecule has 0 aliphatic rings. The van der Waals surface area contributed by atoms with E-state index in [2.05, 4.69) is 0 Å². The second-order valence-electron chi connectivity index (χ2n) is 3.44. The molecule has 0 spiro atoms. The van der Waals surface area contributed by atoms with Gasteiger partial charge in [-0.3, -0.25) is 0 Å². The van der Waals surface area contributed by atoms with E-state index >= 15 is 0 Å². The summed E-state index contributed by atoms with van der Waals surface area (Å²) in [7, 11) is 0. The highest BCUT2D eigenvalue weighted by Gasteiger charge is 2.11. The van der Waals surface area contributed by atoms with Gasteiger partial charge < -0.3 is 9.84 Å². The van der Waals surface area contributed by atoms with E-state index in [0.717, 1.165) is 0 Å². The van der Waals surface area contributed by atoms with Gasteiger partial charge in [0, 0.05) is 0 Å². The summed E-state index contributed by atoms with van der Waals surface area (Å²) >= 11 is 1.66. The van der Waals surface area contributed by atoms with Crippen molar-refractivity contribution in [1.82, 2.24) is 0 Å². The Kier molecular flexibility index (Phi) is 3.26. The van der Waals surface area contributed by atoms with E-state index in [1.807, 2.05) is 16.8 Å². The van der Waals surface area contributed by atoms with E-state index < -0.39 is 5.60 Å². The lowest BCUT2D eigenvalue weighted by atomic mass is 10.2. The van der Waals surface area contributed by atoms with E-state index in [4.69, 9.17) is 4.74 Å². The second-order valence-corrected chi connectivity index (χ2v) is 4.22. The first-order valence-corrected chi connectivity index (χ1v) is 4.83. The van der Waals surface area contributed by atoms with Crippen LogP contribution in [0, 0.1) is 0 Å². The third-order valence-electron chi connectivity index (χ3n) is 1.30. The van der Waals surface area contributed by atoms with Gasteiger partial charge in [0.05, 0.1) is 18.8 Å². The van der Waals surface area contributed by atoms with Crippen LogP contribution in [-0.2, 0) is 11.3 Å². The first-order valence-electron chi connectivity index (χ1n) is 3.89. The molecule has 0 fully saturated rings. The number of hydrogen-bond acceptors (Lipinski definition) is 3. The van der Waals surface area contributed by atoms with Gasteiger partial charge in [-0.15, -0.1) is 0 Å². The molecule has 1 aromatic rings. The Morgan fingerprint density at radius 2 is 2.33 bits per heavy atom. The second kappa shape index (κ2) is 4.03. The van der Waals surface area contributed by atoms with Gasteiger partial charge in [0.1, 0.15) is 0 Å². The number of hydrogen-bond donors (Lipinski definition) is 1. The standard InChI is InChI=1S/C9H14O2S/c1-9(2,10)7-11-5-8-3-4-12-6-8/h3-4,6,10H,5,7H2,1-2H3. The van der Waals surface area contributed by atoms with Gasteiger partial charge in [-0.2, -0.15) is 11.3 Å². The van der Waals surface area contributed by atoms with E-state index in [1.165, 1.54) is 5.56 Å². The molecule has 0 aliphatic heterocycles. The van der Waals surface area contributed by atoms with Crippen LogP contribution in [0.5, 0.6) is 0 Å². The van der Waals surface area contributed by atoms with Crippen molar-refractivity contribution in [3.8, 4) is 0 Å². The first kappa shape index (κ1) is 9.71. The number of thiophene rings is 1. The van der Waals surface area contributed by atoms with Gasteiger partial charge in [-0.05, 0) is 36.2 Å². The molecule has 1 aromatic heterocycles. The summed E-state index contributed by atoms with van der Waals surface area (Å²) in [5, 5.41) is 13.4. The lowest BCUT2D eigenvalue weighted by Crippen LogP contribution is -2.25. The number of ether oxygens (including phenoxy) is 1. The smallest absolute Gasteiger partial charge is 0.0824 e. The molecule has 1 heterocycles. The lowest BCUT2D eigenvalue weighted by molar-refractivity contribution is -0.0268. The van der Waals surface area contributed by atoms with E-state index in [1.54, 1.807) is 25.2 Å². The average molecular weight is 186 g/mol. The molecule has 0 saturated heterocycles. The SMILES string of the molecule is CC(C)(O)COCc1ccsc1. The van der Waals surface area contributed by atoms with Crippen LogP contribution in [0.4, 0.5) is 0 Å². The Balaban J connectivity index is 2.20. The normalized spacial score (nSPS) is 11.9. The fourth-order valence-electron chi connectivity index (χ4n) is 0.793. The van der Waals surface area contributed by atoms with Gasteiger partial charge in [0.15, 0.2) is 0 Å². The van der Waals surface area contributed by atoms with Crippen molar-refractivity contribution >= 4 is 11.3 Å². The van der Waals surface area contributed by atoms with Crippen molar-refractivity contribution in [2.75, 3.05) is 6.61 Å². The van der Waals surface area contributed by atoms with Gasteiger partial charge in [-0.1, -0.05) is 0 Å². The molecule has 0 saturated carbocycles. The lowest BCUT2D eigenvalue weighted by Gasteiger charge is -2.16. The summed E-state index contributed by atoms with van der Waals surface area (Å²) in [4.78, 5) is 0. The van der Waals surface area contributed by atoms with Crippen LogP contribution in [0.2, 0.25) is 0 Å². The molecule has 1 N–H and O–H groups in total.